The summed E-state index contributed by atoms with van der Waals surface area (Å²) in [6.45, 7) is 0. The van der Waals surface area contributed by atoms with Gasteiger partial charge in [-0.15, -0.1) is 0 Å². The van der Waals surface area contributed by atoms with E-state index in [2.05, 4.69) is 35.1 Å². The van der Waals surface area contributed by atoms with E-state index >= 15 is 0 Å². The molecule has 0 radical (unpaired) electrons. The van der Waals surface area contributed by atoms with Gasteiger partial charge in [0.15, 0.2) is 0 Å². The van der Waals surface area contributed by atoms with Gasteiger partial charge in [0.2, 0.25) is 0 Å². The lowest BCUT2D eigenvalue weighted by Gasteiger charge is -2.02. The van der Waals surface area contributed by atoms with Gasteiger partial charge in [-0.05, 0) is 42.7 Å². The number of thiol groups is 1. The van der Waals surface area contributed by atoms with Gasteiger partial charge < -0.3 is 5.32 Å². The molecular formula is C10H16N2S. The molecule has 0 saturated heterocycles. The van der Waals surface area contributed by atoms with Crippen LogP contribution in [0.3, 0.4) is 0 Å². The van der Waals surface area contributed by atoms with Crippen LogP contribution in [0.2, 0.25) is 0 Å². The summed E-state index contributed by atoms with van der Waals surface area (Å²) in [5.41, 5.74) is 1.35. The van der Waals surface area contributed by atoms with Crippen molar-refractivity contribution in [3.63, 3.8) is 0 Å². The van der Waals surface area contributed by atoms with Crippen LogP contribution in [0.4, 0.5) is 5.82 Å². The smallest absolute Gasteiger partial charge is 0.125 e. The van der Waals surface area contributed by atoms with Crippen LogP contribution in [0.25, 0.3) is 0 Å². The Bertz CT molecular complexity index is 250. The Hall–Kier alpha value is -0.700. The first-order valence-corrected chi connectivity index (χ1v) is 5.23. The van der Waals surface area contributed by atoms with E-state index < -0.39 is 0 Å². The zero-order valence-corrected chi connectivity index (χ0v) is 8.85. The number of anilines is 1. The topological polar surface area (TPSA) is 24.9 Å². The number of pyridine rings is 1. The Labute approximate surface area is 85.2 Å². The molecule has 0 aromatic carbocycles. The molecule has 0 saturated carbocycles. The van der Waals surface area contributed by atoms with Crippen molar-refractivity contribution < 1.29 is 0 Å². The van der Waals surface area contributed by atoms with Gasteiger partial charge in [0.05, 0.1) is 0 Å². The first-order valence-electron chi connectivity index (χ1n) is 4.60. The number of rotatable bonds is 5. The van der Waals surface area contributed by atoms with E-state index in [0.29, 0.717) is 0 Å². The molecule has 0 aliphatic heterocycles. The van der Waals surface area contributed by atoms with Gasteiger partial charge in [0, 0.05) is 13.2 Å². The molecule has 1 aromatic rings. The highest BCUT2D eigenvalue weighted by Gasteiger charge is 1.94. The highest BCUT2D eigenvalue weighted by atomic mass is 32.1. The Morgan fingerprint density at radius 3 is 3.00 bits per heavy atom. The fourth-order valence-corrected chi connectivity index (χ4v) is 1.43. The lowest BCUT2D eigenvalue weighted by atomic mass is 10.1. The summed E-state index contributed by atoms with van der Waals surface area (Å²) in [4.78, 5) is 4.16. The largest absolute Gasteiger partial charge is 0.373 e. The van der Waals surface area contributed by atoms with Gasteiger partial charge in [-0.1, -0.05) is 0 Å². The van der Waals surface area contributed by atoms with Gasteiger partial charge in [0.1, 0.15) is 5.82 Å². The lowest BCUT2D eigenvalue weighted by Crippen LogP contribution is -1.94. The summed E-state index contributed by atoms with van der Waals surface area (Å²) in [5, 5.41) is 3.03. The van der Waals surface area contributed by atoms with Crippen LogP contribution in [0.1, 0.15) is 18.4 Å². The van der Waals surface area contributed by atoms with Crippen LogP contribution < -0.4 is 5.32 Å². The van der Waals surface area contributed by atoms with Gasteiger partial charge in [-0.25, -0.2) is 4.98 Å². The molecule has 1 aromatic heterocycles. The molecule has 1 N–H and O–H groups in total. The molecule has 72 valence electrons. The highest BCUT2D eigenvalue weighted by Crippen LogP contribution is 2.09. The maximum absolute atomic E-state index is 4.18. The predicted octanol–water partition coefficient (Wildman–Crippen LogP) is 2.38. The van der Waals surface area contributed by atoms with Crippen molar-refractivity contribution in [3.05, 3.63) is 23.9 Å². The fraction of sp³-hybridized carbons (Fsp3) is 0.500. The van der Waals surface area contributed by atoms with Crippen molar-refractivity contribution in [2.24, 2.45) is 0 Å². The number of unbranched alkanes of at least 4 members (excludes halogenated alkanes) is 1. The quantitative estimate of drug-likeness (QED) is 0.558. The maximum Gasteiger partial charge on any atom is 0.125 e. The van der Waals surface area contributed by atoms with E-state index in [9.17, 15) is 0 Å². The minimum absolute atomic E-state index is 0.948. The monoisotopic (exact) mass is 196 g/mol. The first kappa shape index (κ1) is 10.4. The lowest BCUT2D eigenvalue weighted by molar-refractivity contribution is 0.803. The van der Waals surface area contributed by atoms with Crippen molar-refractivity contribution >= 4 is 18.4 Å². The van der Waals surface area contributed by atoms with Gasteiger partial charge in [-0.2, -0.15) is 12.6 Å². The summed E-state index contributed by atoms with van der Waals surface area (Å²) in [5.74, 6) is 1.92. The van der Waals surface area contributed by atoms with Crippen molar-refractivity contribution in [2.75, 3.05) is 18.1 Å². The second-order valence-corrected chi connectivity index (χ2v) is 3.43. The van der Waals surface area contributed by atoms with Crippen LogP contribution in [0.5, 0.6) is 0 Å². The first-order chi connectivity index (χ1) is 6.36. The van der Waals surface area contributed by atoms with Crippen LogP contribution in [-0.2, 0) is 6.42 Å². The zero-order valence-electron chi connectivity index (χ0n) is 7.95. The van der Waals surface area contributed by atoms with E-state index in [0.717, 1.165) is 18.0 Å². The van der Waals surface area contributed by atoms with Crippen molar-refractivity contribution in [3.8, 4) is 0 Å². The summed E-state index contributed by atoms with van der Waals surface area (Å²) in [6, 6.07) is 4.16. The average Bonchev–Trinajstić information content (AvgIpc) is 2.19. The molecule has 0 bridgehead atoms. The van der Waals surface area contributed by atoms with Crippen molar-refractivity contribution in [2.45, 2.75) is 19.3 Å². The molecular weight excluding hydrogens is 180 g/mol. The van der Waals surface area contributed by atoms with Crippen molar-refractivity contribution in [1.29, 1.82) is 0 Å². The third-order valence-corrected chi connectivity index (χ3v) is 2.27. The molecule has 0 aliphatic carbocycles. The van der Waals surface area contributed by atoms with E-state index in [1.54, 1.807) is 0 Å². The molecule has 0 aliphatic rings. The molecule has 1 rings (SSSR count). The normalized spacial score (nSPS) is 10.0. The molecule has 0 unspecified atom stereocenters. The number of hydrogen-bond acceptors (Lipinski definition) is 3. The number of nitrogens with one attached hydrogen (secondary N) is 1. The Balaban J connectivity index is 2.46. The van der Waals surface area contributed by atoms with Crippen molar-refractivity contribution in [1.82, 2.24) is 4.98 Å². The summed E-state index contributed by atoms with van der Waals surface area (Å²) in [6.07, 6.45) is 5.36. The summed E-state index contributed by atoms with van der Waals surface area (Å²) >= 11 is 4.18. The van der Waals surface area contributed by atoms with Crippen LogP contribution in [0.15, 0.2) is 18.3 Å². The molecule has 1 heterocycles. The second-order valence-electron chi connectivity index (χ2n) is 2.98. The Kier molecular flexibility index (Phi) is 4.68. The summed E-state index contributed by atoms with van der Waals surface area (Å²) < 4.78 is 0. The number of aryl methyl sites for hydroxylation is 1. The molecule has 2 nitrogen and oxygen atoms in total. The van der Waals surface area contributed by atoms with Crippen LogP contribution in [0, 0.1) is 0 Å². The van der Waals surface area contributed by atoms with E-state index in [-0.39, 0.29) is 0 Å². The molecule has 13 heavy (non-hydrogen) atoms. The van der Waals surface area contributed by atoms with Gasteiger partial charge >= 0.3 is 0 Å². The number of nitrogens with zero attached hydrogens (tertiary/aromatic N) is 1. The minimum Gasteiger partial charge on any atom is -0.373 e. The Morgan fingerprint density at radius 2 is 2.31 bits per heavy atom. The third kappa shape index (κ3) is 3.68. The zero-order chi connectivity index (χ0) is 9.52. The molecule has 0 spiro atoms. The van der Waals surface area contributed by atoms with E-state index in [1.807, 2.05) is 13.2 Å². The van der Waals surface area contributed by atoms with E-state index in [4.69, 9.17) is 0 Å². The Morgan fingerprint density at radius 1 is 1.46 bits per heavy atom. The second kappa shape index (κ2) is 5.86. The average molecular weight is 196 g/mol. The maximum atomic E-state index is 4.18. The van der Waals surface area contributed by atoms with Crippen LogP contribution in [-0.4, -0.2) is 17.8 Å². The fourth-order valence-electron chi connectivity index (χ4n) is 1.21. The molecule has 0 fully saturated rings. The molecule has 3 heteroatoms. The molecule has 0 atom stereocenters. The molecule has 0 amide bonds. The highest BCUT2D eigenvalue weighted by molar-refractivity contribution is 7.80. The number of hydrogen-bond donors (Lipinski definition) is 2. The third-order valence-electron chi connectivity index (χ3n) is 1.95. The summed E-state index contributed by atoms with van der Waals surface area (Å²) in [7, 11) is 1.89. The SMILES string of the molecule is CNc1cc(CCCCS)ccn1. The van der Waals surface area contributed by atoms with Gasteiger partial charge in [-0.3, -0.25) is 0 Å². The van der Waals surface area contributed by atoms with E-state index in [1.165, 1.54) is 18.4 Å². The number of aromatic nitrogens is 1. The standard InChI is InChI=1S/C10H16N2S/c1-11-10-8-9(5-6-12-10)4-2-3-7-13/h5-6,8,13H,2-4,7H2,1H3,(H,11,12). The van der Waals surface area contributed by atoms with Gasteiger partial charge in [0.25, 0.3) is 0 Å². The predicted molar refractivity (Wildman–Crippen MR) is 60.6 cm³/mol. The minimum atomic E-state index is 0.948. The van der Waals surface area contributed by atoms with Crippen LogP contribution >= 0.6 is 12.6 Å².